The molecule has 6 nitrogen and oxygen atoms in total. The molecule has 9 heteroatoms. The first-order valence-electron chi connectivity index (χ1n) is 6.04. The fourth-order valence-corrected chi connectivity index (χ4v) is 2.76. The van der Waals surface area contributed by atoms with E-state index in [0.717, 1.165) is 25.2 Å². The molecule has 2 rings (SSSR count). The summed E-state index contributed by atoms with van der Waals surface area (Å²) in [6.07, 6.45) is 1.08. The number of benzene rings is 1. The van der Waals surface area contributed by atoms with E-state index in [0.29, 0.717) is 28.6 Å². The SMILES string of the molecule is Cc1c(OCC2=NCCN2)ccc(Cl)c1NS(C)(=O)=O.Cl. The van der Waals surface area contributed by atoms with Crippen LogP contribution >= 0.6 is 24.0 Å². The van der Waals surface area contributed by atoms with E-state index in [4.69, 9.17) is 16.3 Å². The number of hydrogen-bond donors (Lipinski definition) is 2. The largest absolute Gasteiger partial charge is 0.485 e. The van der Waals surface area contributed by atoms with Crippen LogP contribution in [-0.4, -0.2) is 40.2 Å². The summed E-state index contributed by atoms with van der Waals surface area (Å²) < 4.78 is 30.7. The molecule has 21 heavy (non-hydrogen) atoms. The number of nitrogens with zero attached hydrogens (tertiary/aromatic N) is 1. The van der Waals surface area contributed by atoms with Crippen LogP contribution in [0.2, 0.25) is 5.02 Å². The third kappa shape index (κ3) is 4.94. The van der Waals surface area contributed by atoms with Crippen molar-refractivity contribution in [3.8, 4) is 5.75 Å². The molecule has 0 spiro atoms. The highest BCUT2D eigenvalue weighted by Crippen LogP contribution is 2.33. The maximum atomic E-state index is 11.3. The van der Waals surface area contributed by atoms with Crippen molar-refractivity contribution in [1.82, 2.24) is 5.32 Å². The third-order valence-electron chi connectivity index (χ3n) is 2.76. The fraction of sp³-hybridized carbons (Fsp3) is 0.417. The summed E-state index contributed by atoms with van der Waals surface area (Å²) in [6, 6.07) is 3.31. The molecule has 1 heterocycles. The number of sulfonamides is 1. The first-order valence-corrected chi connectivity index (χ1v) is 8.30. The number of ether oxygens (including phenoxy) is 1. The van der Waals surface area contributed by atoms with Crippen LogP contribution in [0.1, 0.15) is 5.56 Å². The number of halogens is 2. The van der Waals surface area contributed by atoms with Gasteiger partial charge in [-0.2, -0.15) is 0 Å². The van der Waals surface area contributed by atoms with Crippen molar-refractivity contribution in [2.45, 2.75) is 6.92 Å². The van der Waals surface area contributed by atoms with Crippen molar-refractivity contribution in [3.05, 3.63) is 22.7 Å². The normalized spacial score (nSPS) is 14.0. The molecular formula is C12H17Cl2N3O3S. The van der Waals surface area contributed by atoms with Gasteiger partial charge in [-0.15, -0.1) is 12.4 Å². The second-order valence-corrected chi connectivity index (χ2v) is 6.62. The predicted octanol–water partition coefficient (Wildman–Crippen LogP) is 1.82. The Balaban J connectivity index is 0.00000220. The van der Waals surface area contributed by atoms with E-state index in [1.54, 1.807) is 19.1 Å². The number of anilines is 1. The molecule has 0 fully saturated rings. The highest BCUT2D eigenvalue weighted by molar-refractivity contribution is 7.92. The smallest absolute Gasteiger partial charge is 0.229 e. The molecule has 2 N–H and O–H groups in total. The van der Waals surface area contributed by atoms with Crippen LogP contribution in [0.25, 0.3) is 0 Å². The zero-order valence-corrected chi connectivity index (χ0v) is 14.0. The van der Waals surface area contributed by atoms with Gasteiger partial charge in [-0.25, -0.2) is 8.42 Å². The highest BCUT2D eigenvalue weighted by atomic mass is 35.5. The Morgan fingerprint density at radius 2 is 2.19 bits per heavy atom. The lowest BCUT2D eigenvalue weighted by atomic mass is 10.2. The number of nitrogens with one attached hydrogen (secondary N) is 2. The Hall–Kier alpha value is -1.18. The summed E-state index contributed by atoms with van der Waals surface area (Å²) in [7, 11) is -3.40. The number of amidine groups is 1. The van der Waals surface area contributed by atoms with Crippen LogP contribution in [0.5, 0.6) is 5.75 Å². The standard InChI is InChI=1S/C12H16ClN3O3S.ClH/c1-8-10(19-7-11-14-5-6-15-11)4-3-9(13)12(8)16-20(2,17)18;/h3-4,16H,5-7H2,1-2H3,(H,14,15);1H. The van der Waals surface area contributed by atoms with E-state index in [9.17, 15) is 8.42 Å². The molecule has 0 radical (unpaired) electrons. The Morgan fingerprint density at radius 1 is 1.48 bits per heavy atom. The molecule has 0 bridgehead atoms. The van der Waals surface area contributed by atoms with Crippen molar-refractivity contribution in [2.75, 3.05) is 30.7 Å². The first kappa shape index (κ1) is 17.9. The predicted molar refractivity (Wildman–Crippen MR) is 87.7 cm³/mol. The molecule has 0 unspecified atom stereocenters. The lowest BCUT2D eigenvalue weighted by Crippen LogP contribution is -2.25. The third-order valence-corrected chi connectivity index (χ3v) is 3.65. The van der Waals surface area contributed by atoms with Gasteiger partial charge < -0.3 is 10.1 Å². The van der Waals surface area contributed by atoms with E-state index in [-0.39, 0.29) is 12.4 Å². The summed E-state index contributed by atoms with van der Waals surface area (Å²) in [5.74, 6) is 1.36. The molecule has 0 atom stereocenters. The second kappa shape index (κ2) is 7.20. The average molecular weight is 354 g/mol. The van der Waals surface area contributed by atoms with Gasteiger partial charge in [-0.1, -0.05) is 11.6 Å². The van der Waals surface area contributed by atoms with Crippen LogP contribution in [0, 0.1) is 6.92 Å². The van der Waals surface area contributed by atoms with E-state index in [2.05, 4.69) is 15.0 Å². The van der Waals surface area contributed by atoms with Crippen LogP contribution in [0.4, 0.5) is 5.69 Å². The highest BCUT2D eigenvalue weighted by Gasteiger charge is 2.14. The van der Waals surface area contributed by atoms with Gasteiger partial charge in [0.2, 0.25) is 10.0 Å². The van der Waals surface area contributed by atoms with Gasteiger partial charge in [0.15, 0.2) is 0 Å². The summed E-state index contributed by atoms with van der Waals surface area (Å²) in [4.78, 5) is 4.22. The molecule has 118 valence electrons. The molecule has 0 saturated carbocycles. The Kier molecular flexibility index (Phi) is 6.12. The van der Waals surface area contributed by atoms with Gasteiger partial charge in [0.25, 0.3) is 0 Å². The molecule has 1 aromatic carbocycles. The zero-order chi connectivity index (χ0) is 14.8. The van der Waals surface area contributed by atoms with Crippen LogP contribution < -0.4 is 14.8 Å². The van der Waals surface area contributed by atoms with Crippen molar-refractivity contribution in [1.29, 1.82) is 0 Å². The monoisotopic (exact) mass is 353 g/mol. The minimum atomic E-state index is -3.40. The Bertz CT molecular complexity index is 647. The maximum Gasteiger partial charge on any atom is 0.229 e. The van der Waals surface area contributed by atoms with Crippen LogP contribution in [-0.2, 0) is 10.0 Å². The van der Waals surface area contributed by atoms with Crippen molar-refractivity contribution < 1.29 is 13.2 Å². The number of rotatable bonds is 5. The second-order valence-electron chi connectivity index (χ2n) is 4.46. The van der Waals surface area contributed by atoms with Crippen molar-refractivity contribution >= 4 is 45.6 Å². The van der Waals surface area contributed by atoms with Crippen LogP contribution in [0.15, 0.2) is 17.1 Å². The number of aliphatic imine (C=N–C) groups is 1. The van der Waals surface area contributed by atoms with E-state index < -0.39 is 10.0 Å². The summed E-state index contributed by atoms with van der Waals surface area (Å²) >= 11 is 6.02. The summed E-state index contributed by atoms with van der Waals surface area (Å²) in [5.41, 5.74) is 0.981. The molecule has 0 aliphatic carbocycles. The number of hydrogen-bond acceptors (Lipinski definition) is 5. The molecule has 0 saturated heterocycles. The van der Waals surface area contributed by atoms with Gasteiger partial charge >= 0.3 is 0 Å². The van der Waals surface area contributed by atoms with E-state index in [1.165, 1.54) is 0 Å². The van der Waals surface area contributed by atoms with Gasteiger partial charge in [0, 0.05) is 12.1 Å². The lowest BCUT2D eigenvalue weighted by Gasteiger charge is -2.15. The average Bonchev–Trinajstić information content (AvgIpc) is 2.85. The lowest BCUT2D eigenvalue weighted by molar-refractivity contribution is 0.371. The molecule has 0 amide bonds. The Morgan fingerprint density at radius 3 is 2.76 bits per heavy atom. The quantitative estimate of drug-likeness (QED) is 0.845. The first-order chi connectivity index (χ1) is 9.37. The van der Waals surface area contributed by atoms with E-state index >= 15 is 0 Å². The molecule has 0 aromatic heterocycles. The van der Waals surface area contributed by atoms with Gasteiger partial charge in [-0.05, 0) is 19.1 Å². The zero-order valence-electron chi connectivity index (χ0n) is 11.6. The molecule has 1 aromatic rings. The molecule has 1 aliphatic heterocycles. The fourth-order valence-electron chi connectivity index (χ4n) is 1.82. The van der Waals surface area contributed by atoms with Gasteiger partial charge in [-0.3, -0.25) is 9.71 Å². The van der Waals surface area contributed by atoms with Crippen molar-refractivity contribution in [2.24, 2.45) is 4.99 Å². The minimum absolute atomic E-state index is 0. The molecular weight excluding hydrogens is 337 g/mol. The summed E-state index contributed by atoms with van der Waals surface area (Å²) in [5, 5.41) is 3.43. The van der Waals surface area contributed by atoms with Gasteiger partial charge in [0.1, 0.15) is 18.2 Å². The Labute approximate surface area is 135 Å². The van der Waals surface area contributed by atoms with Gasteiger partial charge in [0.05, 0.1) is 23.5 Å². The minimum Gasteiger partial charge on any atom is -0.485 e. The maximum absolute atomic E-state index is 11.3. The topological polar surface area (TPSA) is 79.8 Å². The van der Waals surface area contributed by atoms with E-state index in [1.807, 2.05) is 0 Å². The van der Waals surface area contributed by atoms with Crippen molar-refractivity contribution in [3.63, 3.8) is 0 Å². The molecule has 1 aliphatic rings. The summed E-state index contributed by atoms with van der Waals surface area (Å²) in [6.45, 7) is 3.64. The van der Waals surface area contributed by atoms with Crippen LogP contribution in [0.3, 0.4) is 0 Å².